The average Bonchev–Trinajstić information content (AvgIpc) is 2.53. The van der Waals surface area contributed by atoms with E-state index in [1.165, 1.54) is 0 Å². The molecule has 0 unspecified atom stereocenters. The average molecular weight is 297 g/mol. The summed E-state index contributed by atoms with van der Waals surface area (Å²) < 4.78 is 5.43. The van der Waals surface area contributed by atoms with Gasteiger partial charge in [0.1, 0.15) is 5.75 Å². The summed E-state index contributed by atoms with van der Waals surface area (Å²) in [5, 5.41) is 2.60. The van der Waals surface area contributed by atoms with Crippen molar-refractivity contribution in [1.82, 2.24) is 0 Å². The van der Waals surface area contributed by atoms with Crippen LogP contribution in [0.1, 0.15) is 10.4 Å². The highest BCUT2D eigenvalue weighted by atomic mass is 35.5. The first-order valence-electron chi connectivity index (χ1n) is 6.56. The van der Waals surface area contributed by atoms with Gasteiger partial charge in [-0.3, -0.25) is 4.79 Å². The molecular weight excluding hydrogens is 284 g/mol. The molecule has 104 valence electrons. The van der Waals surface area contributed by atoms with Crippen LogP contribution < -0.4 is 4.74 Å². The second kappa shape index (κ2) is 5.58. The topological polar surface area (TPSA) is 26.3 Å². The van der Waals surface area contributed by atoms with Gasteiger partial charge in [-0.15, -0.1) is 0 Å². The summed E-state index contributed by atoms with van der Waals surface area (Å²) in [7, 11) is 1.58. The summed E-state index contributed by atoms with van der Waals surface area (Å²) in [5.41, 5.74) is 2.29. The Bertz CT molecular complexity index is 825. The standard InChI is InChI=1S/C18H13ClO2/c1-21-18-15(7-4-8-16(18)19)17-13(11-20)10-9-12-5-2-3-6-14(12)17/h2-11H,1H3. The zero-order valence-corrected chi connectivity index (χ0v) is 12.2. The minimum absolute atomic E-state index is 0.528. The van der Waals surface area contributed by atoms with Crippen LogP contribution in [0, 0.1) is 0 Å². The molecule has 0 heterocycles. The summed E-state index contributed by atoms with van der Waals surface area (Å²) in [6.45, 7) is 0. The Balaban J connectivity index is 2.44. The summed E-state index contributed by atoms with van der Waals surface area (Å²) in [6.07, 6.45) is 0.863. The van der Waals surface area contributed by atoms with Crippen LogP contribution in [0.4, 0.5) is 0 Å². The Morgan fingerprint density at radius 1 is 1.00 bits per heavy atom. The van der Waals surface area contributed by atoms with Crippen molar-refractivity contribution in [2.75, 3.05) is 7.11 Å². The van der Waals surface area contributed by atoms with Crippen molar-refractivity contribution in [3.63, 3.8) is 0 Å². The highest BCUT2D eigenvalue weighted by molar-refractivity contribution is 6.32. The van der Waals surface area contributed by atoms with Gasteiger partial charge in [-0.05, 0) is 16.8 Å². The lowest BCUT2D eigenvalue weighted by atomic mass is 9.93. The second-order valence-electron chi connectivity index (χ2n) is 4.69. The van der Waals surface area contributed by atoms with Gasteiger partial charge in [-0.25, -0.2) is 0 Å². The van der Waals surface area contributed by atoms with E-state index in [1.807, 2.05) is 48.5 Å². The zero-order chi connectivity index (χ0) is 14.8. The number of carbonyl (C=O) groups excluding carboxylic acids is 1. The van der Waals surface area contributed by atoms with Crippen molar-refractivity contribution in [2.45, 2.75) is 0 Å². The van der Waals surface area contributed by atoms with Crippen LogP contribution in [0.5, 0.6) is 5.75 Å². The fraction of sp³-hybridized carbons (Fsp3) is 0.0556. The van der Waals surface area contributed by atoms with Crippen LogP contribution in [-0.4, -0.2) is 13.4 Å². The summed E-state index contributed by atoms with van der Waals surface area (Å²) >= 11 is 6.21. The second-order valence-corrected chi connectivity index (χ2v) is 5.10. The molecule has 0 spiro atoms. The van der Waals surface area contributed by atoms with Gasteiger partial charge in [0.25, 0.3) is 0 Å². The molecule has 0 saturated carbocycles. The van der Waals surface area contributed by atoms with E-state index < -0.39 is 0 Å². The summed E-state index contributed by atoms with van der Waals surface area (Å²) in [4.78, 5) is 11.5. The van der Waals surface area contributed by atoms with Gasteiger partial charge in [0.15, 0.2) is 6.29 Å². The monoisotopic (exact) mass is 296 g/mol. The number of hydrogen-bond donors (Lipinski definition) is 0. The molecule has 0 atom stereocenters. The van der Waals surface area contributed by atoms with Crippen LogP contribution in [0.25, 0.3) is 21.9 Å². The molecule has 3 aromatic carbocycles. The predicted molar refractivity (Wildman–Crippen MR) is 86.3 cm³/mol. The Morgan fingerprint density at radius 3 is 2.57 bits per heavy atom. The van der Waals surface area contributed by atoms with E-state index in [-0.39, 0.29) is 0 Å². The van der Waals surface area contributed by atoms with E-state index in [4.69, 9.17) is 16.3 Å². The molecular formula is C18H13ClO2. The van der Waals surface area contributed by atoms with Crippen molar-refractivity contribution < 1.29 is 9.53 Å². The number of carbonyl (C=O) groups is 1. The third kappa shape index (κ3) is 2.28. The van der Waals surface area contributed by atoms with Gasteiger partial charge in [-0.1, -0.05) is 60.1 Å². The van der Waals surface area contributed by atoms with Gasteiger partial charge in [-0.2, -0.15) is 0 Å². The predicted octanol–water partition coefficient (Wildman–Crippen LogP) is 4.98. The lowest BCUT2D eigenvalue weighted by Gasteiger charge is -2.14. The molecule has 0 fully saturated rings. The third-order valence-electron chi connectivity index (χ3n) is 3.53. The van der Waals surface area contributed by atoms with Crippen molar-refractivity contribution in [3.05, 3.63) is 65.2 Å². The Hall–Kier alpha value is -2.32. The highest BCUT2D eigenvalue weighted by Gasteiger charge is 2.15. The van der Waals surface area contributed by atoms with Crippen molar-refractivity contribution in [3.8, 4) is 16.9 Å². The molecule has 0 aliphatic rings. The molecule has 0 N–H and O–H groups in total. The van der Waals surface area contributed by atoms with Crippen LogP contribution >= 0.6 is 11.6 Å². The molecule has 0 saturated heterocycles. The smallest absolute Gasteiger partial charge is 0.150 e. The number of hydrogen-bond acceptors (Lipinski definition) is 2. The molecule has 0 aliphatic carbocycles. The molecule has 0 radical (unpaired) electrons. The molecule has 3 heteroatoms. The van der Waals surface area contributed by atoms with Crippen molar-refractivity contribution >= 4 is 28.7 Å². The van der Waals surface area contributed by atoms with E-state index in [1.54, 1.807) is 13.2 Å². The minimum Gasteiger partial charge on any atom is -0.495 e. The van der Waals surface area contributed by atoms with Gasteiger partial charge in [0.05, 0.1) is 12.1 Å². The fourth-order valence-corrected chi connectivity index (χ4v) is 2.85. The molecule has 0 aliphatic heterocycles. The number of methoxy groups -OCH3 is 1. The first-order chi connectivity index (χ1) is 10.3. The van der Waals surface area contributed by atoms with Gasteiger partial charge >= 0.3 is 0 Å². The van der Waals surface area contributed by atoms with Gasteiger partial charge in [0, 0.05) is 16.7 Å². The highest BCUT2D eigenvalue weighted by Crippen LogP contribution is 2.40. The number of aldehydes is 1. The molecule has 2 nitrogen and oxygen atoms in total. The van der Waals surface area contributed by atoms with E-state index in [0.29, 0.717) is 16.3 Å². The number of ether oxygens (including phenoxy) is 1. The van der Waals surface area contributed by atoms with E-state index in [2.05, 4.69) is 0 Å². The van der Waals surface area contributed by atoms with E-state index >= 15 is 0 Å². The summed E-state index contributed by atoms with van der Waals surface area (Å²) in [5.74, 6) is 0.582. The fourth-order valence-electron chi connectivity index (χ4n) is 2.60. The van der Waals surface area contributed by atoms with Crippen LogP contribution in [0.15, 0.2) is 54.6 Å². The maximum atomic E-state index is 11.5. The Morgan fingerprint density at radius 2 is 1.81 bits per heavy atom. The van der Waals surface area contributed by atoms with Crippen molar-refractivity contribution in [2.24, 2.45) is 0 Å². The lowest BCUT2D eigenvalue weighted by Crippen LogP contribution is -1.94. The first-order valence-corrected chi connectivity index (χ1v) is 6.94. The molecule has 0 aromatic heterocycles. The number of halogens is 1. The number of benzene rings is 3. The molecule has 3 rings (SSSR count). The van der Waals surface area contributed by atoms with Crippen LogP contribution in [-0.2, 0) is 0 Å². The lowest BCUT2D eigenvalue weighted by molar-refractivity contribution is 0.112. The SMILES string of the molecule is COc1c(Cl)cccc1-c1c(C=O)ccc2ccccc12. The quantitative estimate of drug-likeness (QED) is 0.637. The Kier molecular flexibility index (Phi) is 3.63. The van der Waals surface area contributed by atoms with E-state index in [9.17, 15) is 4.79 Å². The number of para-hydroxylation sites is 1. The summed E-state index contributed by atoms with van der Waals surface area (Å²) in [6, 6.07) is 17.3. The molecule has 3 aromatic rings. The zero-order valence-electron chi connectivity index (χ0n) is 11.5. The van der Waals surface area contributed by atoms with Crippen molar-refractivity contribution in [1.29, 1.82) is 0 Å². The van der Waals surface area contributed by atoms with Gasteiger partial charge in [0.2, 0.25) is 0 Å². The maximum Gasteiger partial charge on any atom is 0.150 e. The van der Waals surface area contributed by atoms with Crippen LogP contribution in [0.3, 0.4) is 0 Å². The third-order valence-corrected chi connectivity index (χ3v) is 3.83. The number of fused-ring (bicyclic) bond motifs is 1. The molecule has 0 amide bonds. The normalized spacial score (nSPS) is 10.6. The first kappa shape index (κ1) is 13.7. The Labute approximate surface area is 127 Å². The molecule has 21 heavy (non-hydrogen) atoms. The largest absolute Gasteiger partial charge is 0.495 e. The molecule has 0 bridgehead atoms. The number of rotatable bonds is 3. The maximum absolute atomic E-state index is 11.5. The van der Waals surface area contributed by atoms with E-state index in [0.717, 1.165) is 28.2 Å². The minimum atomic E-state index is 0.528. The van der Waals surface area contributed by atoms with Gasteiger partial charge < -0.3 is 4.74 Å². The van der Waals surface area contributed by atoms with Crippen LogP contribution in [0.2, 0.25) is 5.02 Å².